The summed E-state index contributed by atoms with van der Waals surface area (Å²) in [6, 6.07) is 5.93. The fraction of sp³-hybridized carbons (Fsp3) is 0.455. The molecule has 0 saturated carbocycles. The van der Waals surface area contributed by atoms with Crippen LogP contribution in [0.25, 0.3) is 0 Å². The second-order valence-corrected chi connectivity index (χ2v) is 3.69. The lowest BCUT2D eigenvalue weighted by molar-refractivity contribution is 0.266. The quantitative estimate of drug-likeness (QED) is 0.695. The van der Waals surface area contributed by atoms with Gasteiger partial charge in [0, 0.05) is 24.2 Å². The lowest BCUT2D eigenvalue weighted by Gasteiger charge is -2.25. The van der Waals surface area contributed by atoms with Crippen molar-refractivity contribution in [3.8, 4) is 5.75 Å². The molecule has 1 aliphatic rings. The number of hydrogen-bond acceptors (Lipinski definition) is 3. The van der Waals surface area contributed by atoms with Gasteiger partial charge in [0.1, 0.15) is 5.75 Å². The Hall–Kier alpha value is -1.22. The third kappa shape index (κ3) is 1.68. The van der Waals surface area contributed by atoms with Gasteiger partial charge >= 0.3 is 0 Å². The molecule has 0 saturated heterocycles. The highest BCUT2D eigenvalue weighted by Gasteiger charge is 2.20. The first-order valence-electron chi connectivity index (χ1n) is 4.98. The summed E-state index contributed by atoms with van der Waals surface area (Å²) in [4.78, 5) is 0. The third-order valence-corrected chi connectivity index (χ3v) is 2.65. The second kappa shape index (κ2) is 3.88. The van der Waals surface area contributed by atoms with Gasteiger partial charge in [-0.15, -0.1) is 0 Å². The van der Waals surface area contributed by atoms with Crippen molar-refractivity contribution in [3.63, 3.8) is 0 Å². The highest BCUT2D eigenvalue weighted by atomic mass is 16.5. The molecule has 1 heterocycles. The van der Waals surface area contributed by atoms with Crippen LogP contribution in [0.1, 0.15) is 17.9 Å². The van der Waals surface area contributed by atoms with Gasteiger partial charge in [0.2, 0.25) is 0 Å². The number of benzene rings is 1. The Labute approximate surface area is 84.3 Å². The van der Waals surface area contributed by atoms with E-state index >= 15 is 0 Å². The molecule has 1 atom stereocenters. The average Bonchev–Trinajstić information content (AvgIpc) is 2.18. The molecule has 0 spiro atoms. The molecule has 0 aromatic heterocycles. The molecule has 2 rings (SSSR count). The Morgan fingerprint density at radius 3 is 3.21 bits per heavy atom. The summed E-state index contributed by atoms with van der Waals surface area (Å²) < 4.78 is 5.57. The van der Waals surface area contributed by atoms with Crippen LogP contribution in [0.4, 0.5) is 5.69 Å². The van der Waals surface area contributed by atoms with Crippen molar-refractivity contribution in [3.05, 3.63) is 23.8 Å². The highest BCUT2D eigenvalue weighted by molar-refractivity contribution is 5.50. The average molecular weight is 192 g/mol. The van der Waals surface area contributed by atoms with Crippen molar-refractivity contribution in [1.82, 2.24) is 5.32 Å². The van der Waals surface area contributed by atoms with Crippen LogP contribution in [0.5, 0.6) is 5.75 Å². The van der Waals surface area contributed by atoms with Crippen LogP contribution in [-0.2, 0) is 0 Å². The van der Waals surface area contributed by atoms with Gasteiger partial charge in [-0.1, -0.05) is 6.07 Å². The first-order valence-corrected chi connectivity index (χ1v) is 4.98. The monoisotopic (exact) mass is 192 g/mol. The Bertz CT molecular complexity index is 325. The Balaban J connectivity index is 2.30. The van der Waals surface area contributed by atoms with Crippen molar-refractivity contribution < 1.29 is 4.74 Å². The molecule has 3 nitrogen and oxygen atoms in total. The third-order valence-electron chi connectivity index (χ3n) is 2.65. The van der Waals surface area contributed by atoms with Crippen molar-refractivity contribution in [2.75, 3.05) is 25.9 Å². The van der Waals surface area contributed by atoms with E-state index in [-0.39, 0.29) is 0 Å². The summed E-state index contributed by atoms with van der Waals surface area (Å²) in [6.07, 6.45) is 1.08. The topological polar surface area (TPSA) is 47.3 Å². The zero-order valence-electron chi connectivity index (χ0n) is 8.42. The predicted molar refractivity (Wildman–Crippen MR) is 57.6 cm³/mol. The zero-order valence-corrected chi connectivity index (χ0v) is 8.42. The van der Waals surface area contributed by atoms with E-state index in [4.69, 9.17) is 10.5 Å². The Kier molecular flexibility index (Phi) is 2.59. The zero-order chi connectivity index (χ0) is 9.97. The second-order valence-electron chi connectivity index (χ2n) is 3.69. The molecule has 14 heavy (non-hydrogen) atoms. The van der Waals surface area contributed by atoms with Gasteiger partial charge in [0.25, 0.3) is 0 Å². The first-order chi connectivity index (χ1) is 6.81. The minimum Gasteiger partial charge on any atom is -0.493 e. The number of rotatable bonds is 2. The van der Waals surface area contributed by atoms with Gasteiger partial charge in [-0.05, 0) is 25.1 Å². The van der Waals surface area contributed by atoms with Crippen molar-refractivity contribution in [2.45, 2.75) is 12.3 Å². The maximum absolute atomic E-state index is 5.71. The molecular formula is C11H16N2O. The summed E-state index contributed by atoms with van der Waals surface area (Å²) in [5.74, 6) is 1.51. The molecule has 3 N–H and O–H groups in total. The van der Waals surface area contributed by atoms with Crippen LogP contribution >= 0.6 is 0 Å². The predicted octanol–water partition coefficient (Wildman–Crippen LogP) is 1.35. The van der Waals surface area contributed by atoms with Crippen LogP contribution in [0, 0.1) is 0 Å². The van der Waals surface area contributed by atoms with Gasteiger partial charge in [0.15, 0.2) is 0 Å². The first kappa shape index (κ1) is 9.34. The summed E-state index contributed by atoms with van der Waals surface area (Å²) in [7, 11) is 1.98. The van der Waals surface area contributed by atoms with E-state index in [1.54, 1.807) is 0 Å². The summed E-state index contributed by atoms with van der Waals surface area (Å²) in [5, 5.41) is 3.21. The van der Waals surface area contributed by atoms with Crippen LogP contribution in [0.15, 0.2) is 18.2 Å². The number of likely N-dealkylation sites (N-methyl/N-ethyl adjacent to an activating group) is 1. The molecule has 0 amide bonds. The van der Waals surface area contributed by atoms with Gasteiger partial charge in [-0.3, -0.25) is 0 Å². The van der Waals surface area contributed by atoms with E-state index in [1.807, 2.05) is 19.2 Å². The molecule has 1 aromatic rings. The standard InChI is InChI=1S/C11H16N2O/c1-13-7-8-4-5-14-11-6-9(12)2-3-10(8)11/h2-3,6,8,13H,4-5,7,12H2,1H3. The van der Waals surface area contributed by atoms with Crippen LogP contribution in [0.3, 0.4) is 0 Å². The Morgan fingerprint density at radius 2 is 2.43 bits per heavy atom. The van der Waals surface area contributed by atoms with Crippen LogP contribution in [-0.4, -0.2) is 20.2 Å². The molecule has 76 valence electrons. The maximum atomic E-state index is 5.71. The molecule has 0 aliphatic carbocycles. The SMILES string of the molecule is CNCC1CCOc2cc(N)ccc21. The van der Waals surface area contributed by atoms with E-state index in [2.05, 4.69) is 11.4 Å². The fourth-order valence-electron chi connectivity index (χ4n) is 1.94. The number of nitrogens with two attached hydrogens (primary N) is 1. The Morgan fingerprint density at radius 1 is 1.57 bits per heavy atom. The minimum atomic E-state index is 0.560. The molecule has 0 fully saturated rings. The maximum Gasteiger partial charge on any atom is 0.124 e. The number of hydrogen-bond donors (Lipinski definition) is 2. The number of nitrogens with one attached hydrogen (secondary N) is 1. The number of anilines is 1. The molecule has 1 aromatic carbocycles. The number of ether oxygens (including phenoxy) is 1. The molecule has 1 unspecified atom stereocenters. The van der Waals surface area contributed by atoms with Gasteiger partial charge in [-0.2, -0.15) is 0 Å². The molecule has 0 bridgehead atoms. The molecular weight excluding hydrogens is 176 g/mol. The summed E-state index contributed by atoms with van der Waals surface area (Å²) in [6.45, 7) is 1.79. The van der Waals surface area contributed by atoms with Gasteiger partial charge < -0.3 is 15.8 Å². The number of fused-ring (bicyclic) bond motifs is 1. The van der Waals surface area contributed by atoms with E-state index in [0.29, 0.717) is 5.92 Å². The lowest BCUT2D eigenvalue weighted by atomic mass is 9.93. The number of nitrogen functional groups attached to an aromatic ring is 1. The van der Waals surface area contributed by atoms with Crippen LogP contribution in [0.2, 0.25) is 0 Å². The van der Waals surface area contributed by atoms with Crippen molar-refractivity contribution in [1.29, 1.82) is 0 Å². The summed E-state index contributed by atoms with van der Waals surface area (Å²) in [5.41, 5.74) is 7.76. The van der Waals surface area contributed by atoms with Crippen LogP contribution < -0.4 is 15.8 Å². The molecule has 3 heteroatoms. The highest BCUT2D eigenvalue weighted by Crippen LogP contribution is 2.34. The van der Waals surface area contributed by atoms with Crippen molar-refractivity contribution in [2.24, 2.45) is 0 Å². The van der Waals surface area contributed by atoms with Gasteiger partial charge in [0.05, 0.1) is 6.61 Å². The largest absolute Gasteiger partial charge is 0.493 e. The van der Waals surface area contributed by atoms with E-state index in [9.17, 15) is 0 Å². The van der Waals surface area contributed by atoms with Gasteiger partial charge in [-0.25, -0.2) is 0 Å². The fourth-order valence-corrected chi connectivity index (χ4v) is 1.94. The molecule has 1 aliphatic heterocycles. The normalized spacial score (nSPS) is 19.9. The van der Waals surface area contributed by atoms with E-state index in [0.717, 1.165) is 31.0 Å². The lowest BCUT2D eigenvalue weighted by Crippen LogP contribution is -2.23. The van der Waals surface area contributed by atoms with E-state index < -0.39 is 0 Å². The van der Waals surface area contributed by atoms with E-state index in [1.165, 1.54) is 5.56 Å². The minimum absolute atomic E-state index is 0.560. The smallest absolute Gasteiger partial charge is 0.124 e. The summed E-state index contributed by atoms with van der Waals surface area (Å²) >= 11 is 0. The van der Waals surface area contributed by atoms with Crippen molar-refractivity contribution >= 4 is 5.69 Å². The molecule has 0 radical (unpaired) electrons.